The second kappa shape index (κ2) is 21.1. The lowest BCUT2D eigenvalue weighted by molar-refractivity contribution is 0.0616. The third-order valence-corrected chi connectivity index (χ3v) is 5.06. The van der Waals surface area contributed by atoms with Crippen LogP contribution in [0.4, 0.5) is 0 Å². The molecule has 0 spiro atoms. The van der Waals surface area contributed by atoms with E-state index in [2.05, 4.69) is 19.3 Å². The highest BCUT2D eigenvalue weighted by Gasteiger charge is 2.10. The molecule has 26 heavy (non-hydrogen) atoms. The normalized spacial score (nSPS) is 12.8. The highest BCUT2D eigenvalue weighted by atomic mass is 16.3. The van der Waals surface area contributed by atoms with Gasteiger partial charge in [-0.25, -0.2) is 5.01 Å². The molecule has 0 radical (unpaired) electrons. The SMILES string of the molecule is CCCCCCCCCCNN(CCO)CC(O)CCCCCCCC. The van der Waals surface area contributed by atoms with Gasteiger partial charge in [-0.2, -0.15) is 0 Å². The van der Waals surface area contributed by atoms with Gasteiger partial charge in [-0.3, -0.25) is 5.43 Å². The van der Waals surface area contributed by atoms with Gasteiger partial charge >= 0.3 is 0 Å². The maximum Gasteiger partial charge on any atom is 0.0681 e. The number of hydrogen-bond acceptors (Lipinski definition) is 4. The molecule has 158 valence electrons. The highest BCUT2D eigenvalue weighted by molar-refractivity contribution is 4.63. The monoisotopic (exact) mass is 372 g/mol. The maximum absolute atomic E-state index is 10.2. The van der Waals surface area contributed by atoms with Crippen molar-refractivity contribution in [2.45, 2.75) is 116 Å². The number of hydrogen-bond donors (Lipinski definition) is 3. The average molecular weight is 373 g/mol. The molecule has 3 N–H and O–H groups in total. The molecule has 0 heterocycles. The first-order chi connectivity index (χ1) is 12.7. The Balaban J connectivity index is 3.62. The molecule has 0 aromatic rings. The number of hydrazine groups is 1. The molecule has 0 saturated carbocycles. The molecule has 0 bridgehead atoms. The molecule has 0 fully saturated rings. The summed E-state index contributed by atoms with van der Waals surface area (Å²) in [6.45, 7) is 6.78. The van der Waals surface area contributed by atoms with Crippen LogP contribution in [0.2, 0.25) is 0 Å². The zero-order valence-corrected chi connectivity index (χ0v) is 17.9. The first-order valence-corrected chi connectivity index (χ1v) is 11.5. The Morgan fingerprint density at radius 2 is 1.23 bits per heavy atom. The van der Waals surface area contributed by atoms with Crippen molar-refractivity contribution >= 4 is 0 Å². The van der Waals surface area contributed by atoms with Crippen LogP contribution in [0.3, 0.4) is 0 Å². The van der Waals surface area contributed by atoms with Gasteiger partial charge in [0.2, 0.25) is 0 Å². The fourth-order valence-corrected chi connectivity index (χ4v) is 3.36. The number of unbranched alkanes of at least 4 members (excludes halogenated alkanes) is 12. The van der Waals surface area contributed by atoms with E-state index in [0.717, 1.165) is 19.4 Å². The van der Waals surface area contributed by atoms with E-state index in [0.29, 0.717) is 13.1 Å². The molecule has 0 aromatic heterocycles. The average Bonchev–Trinajstić information content (AvgIpc) is 2.63. The molecule has 4 heteroatoms. The lowest BCUT2D eigenvalue weighted by Gasteiger charge is -2.25. The van der Waals surface area contributed by atoms with Gasteiger partial charge in [0.15, 0.2) is 0 Å². The minimum absolute atomic E-state index is 0.133. The molecule has 0 aliphatic carbocycles. The Bertz CT molecular complexity index is 265. The second-order valence-electron chi connectivity index (χ2n) is 7.76. The van der Waals surface area contributed by atoms with Crippen molar-refractivity contribution in [2.75, 3.05) is 26.2 Å². The van der Waals surface area contributed by atoms with Gasteiger partial charge in [0.1, 0.15) is 0 Å². The Hall–Kier alpha value is -0.160. The number of nitrogens with one attached hydrogen (secondary N) is 1. The molecule has 0 aromatic carbocycles. The fraction of sp³-hybridized carbons (Fsp3) is 1.00. The summed E-state index contributed by atoms with van der Waals surface area (Å²) in [5.41, 5.74) is 3.39. The molecule has 0 saturated heterocycles. The van der Waals surface area contributed by atoms with Crippen LogP contribution in [-0.2, 0) is 0 Å². The smallest absolute Gasteiger partial charge is 0.0681 e. The summed E-state index contributed by atoms with van der Waals surface area (Å²) in [7, 11) is 0. The van der Waals surface area contributed by atoms with Crippen molar-refractivity contribution in [3.8, 4) is 0 Å². The molecule has 4 nitrogen and oxygen atoms in total. The van der Waals surface area contributed by atoms with Crippen molar-refractivity contribution in [1.82, 2.24) is 10.4 Å². The van der Waals surface area contributed by atoms with Crippen LogP contribution in [0.15, 0.2) is 0 Å². The largest absolute Gasteiger partial charge is 0.395 e. The van der Waals surface area contributed by atoms with Gasteiger partial charge < -0.3 is 10.2 Å². The van der Waals surface area contributed by atoms with E-state index in [9.17, 15) is 10.2 Å². The predicted molar refractivity (Wildman–Crippen MR) is 113 cm³/mol. The quantitative estimate of drug-likeness (QED) is 0.195. The van der Waals surface area contributed by atoms with Crippen molar-refractivity contribution in [3.63, 3.8) is 0 Å². The topological polar surface area (TPSA) is 55.7 Å². The van der Waals surface area contributed by atoms with Gasteiger partial charge in [-0.15, -0.1) is 0 Å². The lowest BCUT2D eigenvalue weighted by Crippen LogP contribution is -2.44. The van der Waals surface area contributed by atoms with E-state index in [1.54, 1.807) is 0 Å². The summed E-state index contributed by atoms with van der Waals surface area (Å²) in [5, 5.41) is 21.5. The van der Waals surface area contributed by atoms with Gasteiger partial charge in [0.05, 0.1) is 12.7 Å². The van der Waals surface area contributed by atoms with Gasteiger partial charge in [0.25, 0.3) is 0 Å². The Morgan fingerprint density at radius 1 is 0.731 bits per heavy atom. The fourth-order valence-electron chi connectivity index (χ4n) is 3.36. The van der Waals surface area contributed by atoms with E-state index in [1.807, 2.05) is 5.01 Å². The summed E-state index contributed by atoms with van der Waals surface area (Å²) in [4.78, 5) is 0. The Morgan fingerprint density at radius 3 is 1.77 bits per heavy atom. The Labute approximate surface area is 163 Å². The minimum atomic E-state index is -0.293. The molecule has 0 aliphatic rings. The number of aliphatic hydroxyl groups excluding tert-OH is 2. The highest BCUT2D eigenvalue weighted by Crippen LogP contribution is 2.10. The first kappa shape index (κ1) is 25.8. The predicted octanol–water partition coefficient (Wildman–Crippen LogP) is 5.04. The van der Waals surface area contributed by atoms with Crippen LogP contribution in [0.5, 0.6) is 0 Å². The lowest BCUT2D eigenvalue weighted by atomic mass is 10.1. The summed E-state index contributed by atoms with van der Waals surface area (Å²) >= 11 is 0. The van der Waals surface area contributed by atoms with Crippen LogP contribution >= 0.6 is 0 Å². The van der Waals surface area contributed by atoms with E-state index in [1.165, 1.54) is 83.5 Å². The molecular weight excluding hydrogens is 324 g/mol. The zero-order chi connectivity index (χ0) is 19.3. The van der Waals surface area contributed by atoms with Crippen LogP contribution in [0, 0.1) is 0 Å². The van der Waals surface area contributed by atoms with Crippen LogP contribution in [0.25, 0.3) is 0 Å². The Kier molecular flexibility index (Phi) is 21.0. The van der Waals surface area contributed by atoms with Gasteiger partial charge in [0, 0.05) is 19.6 Å². The maximum atomic E-state index is 10.2. The van der Waals surface area contributed by atoms with E-state index in [-0.39, 0.29) is 12.7 Å². The number of nitrogens with zero attached hydrogens (tertiary/aromatic N) is 1. The third-order valence-electron chi connectivity index (χ3n) is 5.06. The van der Waals surface area contributed by atoms with Gasteiger partial charge in [-0.1, -0.05) is 97.3 Å². The zero-order valence-electron chi connectivity index (χ0n) is 17.9. The third kappa shape index (κ3) is 18.6. The van der Waals surface area contributed by atoms with Crippen molar-refractivity contribution in [3.05, 3.63) is 0 Å². The van der Waals surface area contributed by atoms with Crippen LogP contribution < -0.4 is 5.43 Å². The molecule has 0 rings (SSSR count). The van der Waals surface area contributed by atoms with Gasteiger partial charge in [-0.05, 0) is 12.8 Å². The molecule has 1 unspecified atom stereocenters. The summed E-state index contributed by atoms with van der Waals surface area (Å²) in [6, 6.07) is 0. The summed E-state index contributed by atoms with van der Waals surface area (Å²) in [6.07, 6.45) is 18.7. The minimum Gasteiger partial charge on any atom is -0.395 e. The second-order valence-corrected chi connectivity index (χ2v) is 7.76. The standard InChI is InChI=1S/C22H48N2O2/c1-3-5-7-9-11-12-14-16-18-23-24(19-20-25)21-22(26)17-15-13-10-8-6-4-2/h22-23,25-26H,3-21H2,1-2H3. The van der Waals surface area contributed by atoms with E-state index in [4.69, 9.17) is 0 Å². The molecule has 0 aliphatic heterocycles. The van der Waals surface area contributed by atoms with Crippen LogP contribution in [0.1, 0.15) is 110 Å². The van der Waals surface area contributed by atoms with Crippen LogP contribution in [-0.4, -0.2) is 47.6 Å². The molecule has 0 amide bonds. The number of aliphatic hydroxyl groups is 2. The summed E-state index contributed by atoms with van der Waals surface area (Å²) in [5.74, 6) is 0. The molecule has 1 atom stereocenters. The van der Waals surface area contributed by atoms with E-state index < -0.39 is 0 Å². The van der Waals surface area contributed by atoms with Crippen molar-refractivity contribution in [2.24, 2.45) is 0 Å². The number of rotatable bonds is 21. The molecular formula is C22H48N2O2. The van der Waals surface area contributed by atoms with E-state index >= 15 is 0 Å². The summed E-state index contributed by atoms with van der Waals surface area (Å²) < 4.78 is 0. The first-order valence-electron chi connectivity index (χ1n) is 11.5. The van der Waals surface area contributed by atoms with Crippen molar-refractivity contribution in [1.29, 1.82) is 0 Å². The van der Waals surface area contributed by atoms with Crippen molar-refractivity contribution < 1.29 is 10.2 Å².